The van der Waals surface area contributed by atoms with Crippen LogP contribution in [0.5, 0.6) is 0 Å². The first-order valence-electron chi connectivity index (χ1n) is 5.83. The number of aromatic nitrogens is 2. The normalized spacial score (nSPS) is 29.0. The van der Waals surface area contributed by atoms with Crippen molar-refractivity contribution in [2.45, 2.75) is 37.1 Å². The van der Waals surface area contributed by atoms with E-state index in [1.807, 2.05) is 6.20 Å². The van der Waals surface area contributed by atoms with Gasteiger partial charge >= 0.3 is 0 Å². The maximum Gasteiger partial charge on any atom is 0.126 e. The highest BCUT2D eigenvalue weighted by Gasteiger charge is 2.43. The Morgan fingerprint density at radius 3 is 3.00 bits per heavy atom. The third-order valence-electron chi connectivity index (χ3n) is 3.59. The van der Waals surface area contributed by atoms with Crippen LogP contribution < -0.4 is 11.1 Å². The Labute approximate surface area is 89.7 Å². The molecule has 2 heterocycles. The smallest absolute Gasteiger partial charge is 0.126 e. The van der Waals surface area contributed by atoms with Crippen molar-refractivity contribution < 1.29 is 0 Å². The van der Waals surface area contributed by atoms with Crippen LogP contribution in [0.15, 0.2) is 6.20 Å². The summed E-state index contributed by atoms with van der Waals surface area (Å²) in [5.41, 5.74) is 7.23. The summed E-state index contributed by atoms with van der Waals surface area (Å²) in [6.45, 7) is 2.22. The number of rotatable bonds is 2. The van der Waals surface area contributed by atoms with Gasteiger partial charge in [0.15, 0.2) is 0 Å². The summed E-state index contributed by atoms with van der Waals surface area (Å²) < 4.78 is 0. The third kappa shape index (κ3) is 1.68. The van der Waals surface area contributed by atoms with E-state index in [2.05, 4.69) is 15.3 Å². The lowest BCUT2D eigenvalue weighted by Gasteiger charge is -2.21. The molecule has 1 aromatic heterocycles. The van der Waals surface area contributed by atoms with E-state index in [0.29, 0.717) is 5.92 Å². The van der Waals surface area contributed by atoms with Gasteiger partial charge in [-0.25, -0.2) is 4.98 Å². The van der Waals surface area contributed by atoms with Gasteiger partial charge in [0.2, 0.25) is 0 Å². The number of nitrogens with one attached hydrogen (secondary N) is 2. The summed E-state index contributed by atoms with van der Waals surface area (Å²) in [6, 6.07) is 0. The Hall–Kier alpha value is -0.870. The van der Waals surface area contributed by atoms with Gasteiger partial charge in [0.05, 0.1) is 5.54 Å². The summed E-state index contributed by atoms with van der Waals surface area (Å²) >= 11 is 0. The summed E-state index contributed by atoms with van der Waals surface area (Å²) in [5, 5.41) is 3.42. The zero-order valence-corrected chi connectivity index (χ0v) is 8.92. The van der Waals surface area contributed by atoms with Gasteiger partial charge < -0.3 is 16.0 Å². The minimum atomic E-state index is -0.125. The first-order chi connectivity index (χ1) is 7.28. The summed E-state index contributed by atoms with van der Waals surface area (Å²) in [7, 11) is 0. The molecule has 3 rings (SSSR count). The molecule has 1 aliphatic carbocycles. The Balaban J connectivity index is 1.77. The number of imidazole rings is 1. The molecule has 1 aliphatic heterocycles. The second kappa shape index (κ2) is 3.32. The molecule has 1 saturated carbocycles. The molecule has 82 valence electrons. The van der Waals surface area contributed by atoms with Crippen LogP contribution in [-0.4, -0.2) is 23.1 Å². The molecular weight excluding hydrogens is 188 g/mol. The summed E-state index contributed by atoms with van der Waals surface area (Å²) in [5.74, 6) is 1.59. The van der Waals surface area contributed by atoms with Crippen LogP contribution in [0.2, 0.25) is 0 Å². The van der Waals surface area contributed by atoms with E-state index in [4.69, 9.17) is 5.73 Å². The number of hydrogen-bond donors (Lipinski definition) is 3. The molecule has 0 amide bonds. The predicted molar refractivity (Wildman–Crippen MR) is 58.5 cm³/mol. The lowest BCUT2D eigenvalue weighted by atomic mass is 9.97. The molecule has 2 aliphatic rings. The van der Waals surface area contributed by atoms with Gasteiger partial charge in [-0.3, -0.25) is 0 Å². The highest BCUT2D eigenvalue weighted by molar-refractivity contribution is 5.19. The lowest BCUT2D eigenvalue weighted by molar-refractivity contribution is 0.455. The average Bonchev–Trinajstić information content (AvgIpc) is 2.85. The monoisotopic (exact) mass is 206 g/mol. The van der Waals surface area contributed by atoms with Crippen LogP contribution in [-0.2, 0) is 5.54 Å². The van der Waals surface area contributed by atoms with E-state index in [1.165, 1.54) is 18.5 Å². The van der Waals surface area contributed by atoms with E-state index >= 15 is 0 Å². The quantitative estimate of drug-likeness (QED) is 0.671. The van der Waals surface area contributed by atoms with Crippen molar-refractivity contribution in [3.05, 3.63) is 17.7 Å². The van der Waals surface area contributed by atoms with E-state index in [0.717, 1.165) is 31.8 Å². The largest absolute Gasteiger partial charge is 0.344 e. The maximum absolute atomic E-state index is 6.10. The summed E-state index contributed by atoms with van der Waals surface area (Å²) in [6.07, 6.45) is 6.63. The zero-order valence-electron chi connectivity index (χ0n) is 8.92. The maximum atomic E-state index is 6.10. The predicted octanol–water partition coefficient (Wildman–Crippen LogP) is 0.824. The average molecular weight is 206 g/mol. The molecule has 0 aromatic carbocycles. The standard InChI is InChI=1S/C11H18N4/c12-11(3-4-11)10-14-7-9(15-10)8-2-1-5-13-6-8/h7-8,13H,1-6,12H2,(H,14,15). The molecular formula is C11H18N4. The molecule has 0 radical (unpaired) electrons. The Morgan fingerprint density at radius 1 is 1.47 bits per heavy atom. The van der Waals surface area contributed by atoms with Crippen molar-refractivity contribution in [3.63, 3.8) is 0 Å². The van der Waals surface area contributed by atoms with Crippen molar-refractivity contribution in [2.24, 2.45) is 5.73 Å². The van der Waals surface area contributed by atoms with Crippen LogP contribution >= 0.6 is 0 Å². The number of nitrogens with two attached hydrogens (primary N) is 1. The molecule has 1 saturated heterocycles. The SMILES string of the molecule is NC1(c2ncc(C3CCCNC3)[nH]2)CC1. The molecule has 4 nitrogen and oxygen atoms in total. The van der Waals surface area contributed by atoms with E-state index in [9.17, 15) is 0 Å². The first kappa shape index (κ1) is 9.36. The van der Waals surface area contributed by atoms with Gasteiger partial charge in [0.1, 0.15) is 5.82 Å². The summed E-state index contributed by atoms with van der Waals surface area (Å²) in [4.78, 5) is 7.83. The highest BCUT2D eigenvalue weighted by Crippen LogP contribution is 2.41. The van der Waals surface area contributed by atoms with Crippen LogP contribution in [0.3, 0.4) is 0 Å². The number of hydrogen-bond acceptors (Lipinski definition) is 3. The van der Waals surface area contributed by atoms with Gasteiger partial charge in [-0.05, 0) is 32.2 Å². The topological polar surface area (TPSA) is 66.7 Å². The fourth-order valence-electron chi connectivity index (χ4n) is 2.28. The first-order valence-corrected chi connectivity index (χ1v) is 5.83. The molecule has 0 bridgehead atoms. The van der Waals surface area contributed by atoms with Gasteiger partial charge in [0.25, 0.3) is 0 Å². The van der Waals surface area contributed by atoms with Gasteiger partial charge in [-0.1, -0.05) is 0 Å². The minimum Gasteiger partial charge on any atom is -0.344 e. The Morgan fingerprint density at radius 2 is 2.33 bits per heavy atom. The fraction of sp³-hybridized carbons (Fsp3) is 0.727. The van der Waals surface area contributed by atoms with E-state index < -0.39 is 0 Å². The van der Waals surface area contributed by atoms with Crippen LogP contribution in [0.1, 0.15) is 43.1 Å². The van der Waals surface area contributed by atoms with E-state index in [-0.39, 0.29) is 5.54 Å². The second-order valence-corrected chi connectivity index (χ2v) is 4.89. The van der Waals surface area contributed by atoms with Crippen LogP contribution in [0, 0.1) is 0 Å². The fourth-order valence-corrected chi connectivity index (χ4v) is 2.28. The Kier molecular flexibility index (Phi) is 2.07. The molecule has 0 spiro atoms. The highest BCUT2D eigenvalue weighted by atomic mass is 15.0. The number of H-pyrrole nitrogens is 1. The molecule has 4 heteroatoms. The number of aromatic amines is 1. The van der Waals surface area contributed by atoms with Crippen molar-refractivity contribution in [1.82, 2.24) is 15.3 Å². The second-order valence-electron chi connectivity index (χ2n) is 4.89. The van der Waals surface area contributed by atoms with Crippen molar-refractivity contribution in [2.75, 3.05) is 13.1 Å². The number of piperidine rings is 1. The lowest BCUT2D eigenvalue weighted by Crippen LogP contribution is -2.28. The zero-order chi connectivity index (χ0) is 10.3. The molecule has 4 N–H and O–H groups in total. The van der Waals surface area contributed by atoms with Crippen molar-refractivity contribution in [1.29, 1.82) is 0 Å². The van der Waals surface area contributed by atoms with Crippen molar-refractivity contribution >= 4 is 0 Å². The molecule has 1 atom stereocenters. The van der Waals surface area contributed by atoms with E-state index in [1.54, 1.807) is 0 Å². The van der Waals surface area contributed by atoms with Crippen LogP contribution in [0.4, 0.5) is 0 Å². The van der Waals surface area contributed by atoms with Crippen molar-refractivity contribution in [3.8, 4) is 0 Å². The Bertz CT molecular complexity index is 347. The van der Waals surface area contributed by atoms with Crippen LogP contribution in [0.25, 0.3) is 0 Å². The van der Waals surface area contributed by atoms with Gasteiger partial charge in [0, 0.05) is 24.4 Å². The number of nitrogens with zero attached hydrogens (tertiary/aromatic N) is 1. The molecule has 15 heavy (non-hydrogen) atoms. The minimum absolute atomic E-state index is 0.125. The van der Waals surface area contributed by atoms with Gasteiger partial charge in [-0.15, -0.1) is 0 Å². The third-order valence-corrected chi connectivity index (χ3v) is 3.59. The molecule has 2 fully saturated rings. The molecule has 1 unspecified atom stereocenters. The molecule has 1 aromatic rings. The van der Waals surface area contributed by atoms with Gasteiger partial charge in [-0.2, -0.15) is 0 Å².